The predicted molar refractivity (Wildman–Crippen MR) is 62.5 cm³/mol. The summed E-state index contributed by atoms with van der Waals surface area (Å²) in [5, 5.41) is 8.08. The molecule has 0 aliphatic heterocycles. The fraction of sp³-hybridized carbons (Fsp3) is 0. The first-order valence-corrected chi connectivity index (χ1v) is 4.89. The minimum atomic E-state index is 0.177. The van der Waals surface area contributed by atoms with E-state index in [1.165, 1.54) is 0 Å². The number of halogens is 1. The molecule has 82 valence electrons. The number of hydrazine groups is 1. The largest absolute Gasteiger partial charge is 0.403 e. The van der Waals surface area contributed by atoms with E-state index in [2.05, 4.69) is 15.6 Å². The van der Waals surface area contributed by atoms with Gasteiger partial charge in [0.05, 0.1) is 0 Å². The summed E-state index contributed by atoms with van der Waals surface area (Å²) in [7, 11) is 0. The van der Waals surface area contributed by atoms with Gasteiger partial charge in [0.2, 0.25) is 5.89 Å². The summed E-state index contributed by atoms with van der Waals surface area (Å²) >= 11 is 5.76. The Hall–Kier alpha value is -1.85. The van der Waals surface area contributed by atoms with Crippen LogP contribution in [-0.2, 0) is 0 Å². The van der Waals surface area contributed by atoms with E-state index < -0.39 is 0 Å². The van der Waals surface area contributed by atoms with Crippen molar-refractivity contribution in [3.8, 4) is 0 Å². The minimum absolute atomic E-state index is 0.177. The Bertz CT molecular complexity index is 492. The Morgan fingerprint density at radius 2 is 1.94 bits per heavy atom. The van der Waals surface area contributed by atoms with Gasteiger partial charge in [0.15, 0.2) is 0 Å². The zero-order valence-corrected chi connectivity index (χ0v) is 8.98. The van der Waals surface area contributed by atoms with Crippen molar-refractivity contribution >= 4 is 29.8 Å². The molecule has 5 nitrogen and oxygen atoms in total. The molecule has 2 aromatic rings. The van der Waals surface area contributed by atoms with Crippen LogP contribution in [0.25, 0.3) is 12.2 Å². The second-order valence-corrected chi connectivity index (χ2v) is 3.41. The maximum absolute atomic E-state index is 5.76. The van der Waals surface area contributed by atoms with Crippen molar-refractivity contribution in [3.63, 3.8) is 0 Å². The maximum atomic E-state index is 5.76. The van der Waals surface area contributed by atoms with E-state index >= 15 is 0 Å². The van der Waals surface area contributed by atoms with Crippen LogP contribution in [-0.4, -0.2) is 10.2 Å². The van der Waals surface area contributed by atoms with E-state index in [9.17, 15) is 0 Å². The first kappa shape index (κ1) is 10.7. The summed E-state index contributed by atoms with van der Waals surface area (Å²) in [5.41, 5.74) is 3.25. The first-order chi connectivity index (χ1) is 7.78. The third-order valence-corrected chi connectivity index (χ3v) is 2.10. The number of anilines is 1. The average molecular weight is 237 g/mol. The quantitative estimate of drug-likeness (QED) is 0.631. The van der Waals surface area contributed by atoms with Crippen LogP contribution in [0.5, 0.6) is 0 Å². The Kier molecular flexibility index (Phi) is 3.19. The molecule has 6 heteroatoms. The number of nitrogens with zero attached hydrogens (tertiary/aromatic N) is 2. The van der Waals surface area contributed by atoms with Gasteiger partial charge in [0, 0.05) is 11.1 Å². The molecule has 3 N–H and O–H groups in total. The lowest BCUT2D eigenvalue weighted by atomic mass is 10.2. The van der Waals surface area contributed by atoms with Crippen LogP contribution < -0.4 is 11.3 Å². The van der Waals surface area contributed by atoms with Gasteiger partial charge in [-0.3, -0.25) is 5.43 Å². The highest BCUT2D eigenvalue weighted by molar-refractivity contribution is 6.30. The highest BCUT2D eigenvalue weighted by Crippen LogP contribution is 2.12. The molecule has 0 aliphatic carbocycles. The first-order valence-electron chi connectivity index (χ1n) is 4.52. The van der Waals surface area contributed by atoms with Crippen LogP contribution >= 0.6 is 11.6 Å². The normalized spacial score (nSPS) is 10.9. The third kappa shape index (κ3) is 2.59. The van der Waals surface area contributed by atoms with Crippen LogP contribution in [0.2, 0.25) is 5.02 Å². The maximum Gasteiger partial charge on any atom is 0.330 e. The SMILES string of the molecule is NNc1nnc(/C=C/c2ccc(Cl)cc2)o1. The van der Waals surface area contributed by atoms with Gasteiger partial charge >= 0.3 is 6.01 Å². The van der Waals surface area contributed by atoms with Crippen molar-refractivity contribution in [1.29, 1.82) is 0 Å². The molecule has 0 unspecified atom stereocenters. The van der Waals surface area contributed by atoms with Crippen molar-refractivity contribution in [3.05, 3.63) is 40.7 Å². The molecule has 0 bridgehead atoms. The number of aromatic nitrogens is 2. The van der Waals surface area contributed by atoms with Crippen molar-refractivity contribution in [2.24, 2.45) is 5.84 Å². The molecular weight excluding hydrogens is 228 g/mol. The molecule has 1 heterocycles. The van der Waals surface area contributed by atoms with E-state index in [0.29, 0.717) is 10.9 Å². The molecule has 0 saturated heterocycles. The highest BCUT2D eigenvalue weighted by atomic mass is 35.5. The number of rotatable bonds is 3. The summed E-state index contributed by atoms with van der Waals surface area (Å²) in [6, 6.07) is 7.56. The molecule has 1 aromatic heterocycles. The van der Waals surface area contributed by atoms with Gasteiger partial charge in [0.25, 0.3) is 0 Å². The molecule has 0 amide bonds. The Morgan fingerprint density at radius 3 is 2.56 bits per heavy atom. The fourth-order valence-corrected chi connectivity index (χ4v) is 1.23. The van der Waals surface area contributed by atoms with Crippen LogP contribution in [0.15, 0.2) is 28.7 Å². The van der Waals surface area contributed by atoms with E-state index in [1.807, 2.05) is 30.3 Å². The molecular formula is C10H9ClN4O. The highest BCUT2D eigenvalue weighted by Gasteiger charge is 1.99. The predicted octanol–water partition coefficient (Wildman–Crippen LogP) is 2.18. The standard InChI is InChI=1S/C10H9ClN4O/c11-8-4-1-7(2-5-8)3-6-9-14-15-10(13-12)16-9/h1-6H,12H2,(H,13,15)/b6-3+. The lowest BCUT2D eigenvalue weighted by Crippen LogP contribution is -2.06. The summed E-state index contributed by atoms with van der Waals surface area (Å²) in [6.07, 6.45) is 3.53. The monoisotopic (exact) mass is 236 g/mol. The molecule has 0 radical (unpaired) electrons. The van der Waals surface area contributed by atoms with Gasteiger partial charge in [-0.25, -0.2) is 5.84 Å². The van der Waals surface area contributed by atoms with Gasteiger partial charge in [-0.2, -0.15) is 0 Å². The molecule has 0 fully saturated rings. The molecule has 16 heavy (non-hydrogen) atoms. The number of hydrogen-bond acceptors (Lipinski definition) is 5. The molecule has 0 atom stereocenters. The van der Waals surface area contributed by atoms with Crippen LogP contribution in [0.4, 0.5) is 6.01 Å². The second-order valence-electron chi connectivity index (χ2n) is 2.97. The number of nitrogens with two attached hydrogens (primary N) is 1. The molecule has 2 rings (SSSR count). The van der Waals surface area contributed by atoms with Crippen LogP contribution in [0.3, 0.4) is 0 Å². The van der Waals surface area contributed by atoms with E-state index in [4.69, 9.17) is 21.9 Å². The lowest BCUT2D eigenvalue weighted by Gasteiger charge is -1.92. The van der Waals surface area contributed by atoms with Gasteiger partial charge < -0.3 is 4.42 Å². The van der Waals surface area contributed by atoms with Crippen LogP contribution in [0, 0.1) is 0 Å². The number of nitrogens with one attached hydrogen (secondary N) is 1. The summed E-state index contributed by atoms with van der Waals surface area (Å²) < 4.78 is 5.11. The number of benzene rings is 1. The third-order valence-electron chi connectivity index (χ3n) is 1.85. The zero-order chi connectivity index (χ0) is 11.4. The van der Waals surface area contributed by atoms with Crippen molar-refractivity contribution in [2.45, 2.75) is 0 Å². The van der Waals surface area contributed by atoms with Gasteiger partial charge in [-0.1, -0.05) is 28.8 Å². The van der Waals surface area contributed by atoms with Crippen LogP contribution in [0.1, 0.15) is 11.5 Å². The van der Waals surface area contributed by atoms with E-state index in [0.717, 1.165) is 5.56 Å². The van der Waals surface area contributed by atoms with Crippen molar-refractivity contribution < 1.29 is 4.42 Å². The van der Waals surface area contributed by atoms with Gasteiger partial charge in [-0.05, 0) is 23.8 Å². The second kappa shape index (κ2) is 4.78. The summed E-state index contributed by atoms with van der Waals surface area (Å²) in [4.78, 5) is 0. The minimum Gasteiger partial charge on any atom is -0.403 e. The number of hydrogen-bond donors (Lipinski definition) is 2. The molecule has 1 aromatic carbocycles. The van der Waals surface area contributed by atoms with Crippen molar-refractivity contribution in [2.75, 3.05) is 5.43 Å². The van der Waals surface area contributed by atoms with E-state index in [1.54, 1.807) is 6.08 Å². The van der Waals surface area contributed by atoms with E-state index in [-0.39, 0.29) is 6.01 Å². The smallest absolute Gasteiger partial charge is 0.330 e. The van der Waals surface area contributed by atoms with Gasteiger partial charge in [0.1, 0.15) is 0 Å². The molecule has 0 spiro atoms. The number of nitrogen functional groups attached to an aromatic ring is 1. The Morgan fingerprint density at radius 1 is 1.19 bits per heavy atom. The summed E-state index contributed by atoms with van der Waals surface area (Å²) in [5.74, 6) is 5.48. The lowest BCUT2D eigenvalue weighted by molar-refractivity contribution is 0.556. The fourth-order valence-electron chi connectivity index (χ4n) is 1.10. The topological polar surface area (TPSA) is 77.0 Å². The molecule has 0 aliphatic rings. The summed E-state index contributed by atoms with van der Waals surface area (Å²) in [6.45, 7) is 0. The molecule has 0 saturated carbocycles. The van der Waals surface area contributed by atoms with Gasteiger partial charge in [-0.15, -0.1) is 5.10 Å². The Balaban J connectivity index is 2.11. The Labute approximate surface area is 96.9 Å². The zero-order valence-electron chi connectivity index (χ0n) is 8.22. The van der Waals surface area contributed by atoms with Crippen molar-refractivity contribution in [1.82, 2.24) is 10.2 Å². The average Bonchev–Trinajstić information content (AvgIpc) is 2.76.